The molecule has 182 valence electrons. The number of morpholine rings is 1. The molecule has 0 unspecified atom stereocenters. The van der Waals surface area contributed by atoms with Gasteiger partial charge in [-0.05, 0) is 43.2 Å². The van der Waals surface area contributed by atoms with Crippen LogP contribution in [0.1, 0.15) is 28.6 Å². The first kappa shape index (κ1) is 23.7. The molecule has 3 aromatic rings. The molecule has 2 aromatic heterocycles. The molecule has 2 saturated heterocycles. The molecule has 35 heavy (non-hydrogen) atoms. The van der Waals surface area contributed by atoms with Gasteiger partial charge in [-0.25, -0.2) is 4.98 Å². The summed E-state index contributed by atoms with van der Waals surface area (Å²) >= 11 is 3.51. The van der Waals surface area contributed by atoms with E-state index >= 15 is 0 Å². The van der Waals surface area contributed by atoms with Crippen LogP contribution in [0.5, 0.6) is 0 Å². The van der Waals surface area contributed by atoms with Gasteiger partial charge in [0.15, 0.2) is 5.76 Å². The second kappa shape index (κ2) is 9.56. The van der Waals surface area contributed by atoms with Gasteiger partial charge in [-0.1, -0.05) is 34.1 Å². The molecule has 0 bridgehead atoms. The molecule has 2 aliphatic heterocycles. The minimum Gasteiger partial charge on any atom is -0.505 e. The fourth-order valence-corrected chi connectivity index (χ4v) is 5.35. The van der Waals surface area contributed by atoms with E-state index in [1.54, 1.807) is 22.4 Å². The summed E-state index contributed by atoms with van der Waals surface area (Å²) < 4.78 is 8.03. The number of Topliss-reactive ketones (excluding diaryl/α,β-unsaturated/α-hetero) is 1. The first-order chi connectivity index (χ1) is 16.9. The second-order valence-electron chi connectivity index (χ2n) is 8.93. The number of carbonyl (C=O) groups excluding carboxylic acids is 2. The molecule has 4 heterocycles. The van der Waals surface area contributed by atoms with Crippen LogP contribution in [0.3, 0.4) is 0 Å². The normalized spacial score (nSPS) is 20.8. The summed E-state index contributed by atoms with van der Waals surface area (Å²) in [6.07, 6.45) is 1.81. The number of ketones is 1. The Morgan fingerprint density at radius 2 is 1.91 bits per heavy atom. The Hall–Kier alpha value is -3.01. The smallest absolute Gasteiger partial charge is 0.295 e. The van der Waals surface area contributed by atoms with Crippen molar-refractivity contribution in [2.24, 2.45) is 0 Å². The highest BCUT2D eigenvalue weighted by Crippen LogP contribution is 2.40. The van der Waals surface area contributed by atoms with Gasteiger partial charge in [-0.15, -0.1) is 0 Å². The summed E-state index contributed by atoms with van der Waals surface area (Å²) in [5.74, 6) is -1.50. The van der Waals surface area contributed by atoms with Crippen LogP contribution in [-0.4, -0.2) is 75.4 Å². The standard InChI is InChI=1S/C26H27BrN4O4/c1-16-5-4-8-30-21(17(2)28-25(16)30)23(32)20-22(18-6-3-7-19(27)15-18)31(26(34)24(20)33)10-9-29-11-13-35-14-12-29/h3-8,15,22,32H,9-14H2,1-2H3/t22-/m0/s1. The highest BCUT2D eigenvalue weighted by atomic mass is 79.9. The number of likely N-dealkylation sites (tertiary alicyclic amines) is 1. The van der Waals surface area contributed by atoms with E-state index in [1.165, 1.54) is 0 Å². The van der Waals surface area contributed by atoms with E-state index in [-0.39, 0.29) is 11.3 Å². The van der Waals surface area contributed by atoms with Crippen molar-refractivity contribution in [3.63, 3.8) is 0 Å². The molecule has 9 heteroatoms. The van der Waals surface area contributed by atoms with Gasteiger partial charge in [-0.3, -0.25) is 18.9 Å². The van der Waals surface area contributed by atoms with Gasteiger partial charge in [-0.2, -0.15) is 0 Å². The number of rotatable bonds is 5. The Balaban J connectivity index is 1.63. The molecule has 8 nitrogen and oxygen atoms in total. The Labute approximate surface area is 211 Å². The average Bonchev–Trinajstić information content (AvgIpc) is 3.32. The van der Waals surface area contributed by atoms with E-state index in [0.717, 1.165) is 28.7 Å². The van der Waals surface area contributed by atoms with E-state index in [4.69, 9.17) is 4.74 Å². The minimum absolute atomic E-state index is 0.0847. The number of ether oxygens (including phenoxy) is 1. The van der Waals surface area contributed by atoms with E-state index in [1.807, 2.05) is 43.3 Å². The highest BCUT2D eigenvalue weighted by molar-refractivity contribution is 9.10. The zero-order chi connectivity index (χ0) is 24.7. The van der Waals surface area contributed by atoms with Crippen molar-refractivity contribution in [1.82, 2.24) is 19.2 Å². The summed E-state index contributed by atoms with van der Waals surface area (Å²) in [4.78, 5) is 35.1. The number of aliphatic hydroxyl groups excluding tert-OH is 1. The van der Waals surface area contributed by atoms with Crippen molar-refractivity contribution in [3.05, 3.63) is 75.2 Å². The highest BCUT2D eigenvalue weighted by Gasteiger charge is 2.46. The molecular formula is C26H27BrN4O4. The zero-order valence-electron chi connectivity index (χ0n) is 19.7. The molecule has 2 fully saturated rings. The number of hydrogen-bond donors (Lipinski definition) is 1. The molecule has 1 aromatic carbocycles. The van der Waals surface area contributed by atoms with E-state index in [2.05, 4.69) is 25.8 Å². The number of aromatic nitrogens is 2. The number of hydrogen-bond acceptors (Lipinski definition) is 6. The summed E-state index contributed by atoms with van der Waals surface area (Å²) in [5, 5.41) is 11.6. The number of fused-ring (bicyclic) bond motifs is 1. The number of imidazole rings is 1. The van der Waals surface area contributed by atoms with Crippen LogP contribution in [0.2, 0.25) is 0 Å². The topological polar surface area (TPSA) is 87.4 Å². The predicted octanol–water partition coefficient (Wildman–Crippen LogP) is 3.47. The van der Waals surface area contributed by atoms with E-state index in [9.17, 15) is 14.7 Å². The summed E-state index contributed by atoms with van der Waals surface area (Å²) in [7, 11) is 0. The third kappa shape index (κ3) is 4.28. The minimum atomic E-state index is -0.705. The van der Waals surface area contributed by atoms with Gasteiger partial charge in [0.25, 0.3) is 11.7 Å². The molecule has 1 atom stereocenters. The maximum Gasteiger partial charge on any atom is 0.295 e. The molecular weight excluding hydrogens is 512 g/mol. The lowest BCUT2D eigenvalue weighted by Gasteiger charge is -2.31. The van der Waals surface area contributed by atoms with Gasteiger partial charge in [0.05, 0.1) is 30.5 Å². The van der Waals surface area contributed by atoms with Crippen LogP contribution in [-0.2, 0) is 14.3 Å². The van der Waals surface area contributed by atoms with Crippen molar-refractivity contribution >= 4 is 39.0 Å². The van der Waals surface area contributed by atoms with Crippen molar-refractivity contribution in [2.75, 3.05) is 39.4 Å². The van der Waals surface area contributed by atoms with Gasteiger partial charge >= 0.3 is 0 Å². The Morgan fingerprint density at radius 1 is 1.14 bits per heavy atom. The number of pyridine rings is 1. The quantitative estimate of drug-likeness (QED) is 0.304. The third-order valence-corrected chi connectivity index (χ3v) is 7.20. The fraction of sp³-hybridized carbons (Fsp3) is 0.346. The summed E-state index contributed by atoms with van der Waals surface area (Å²) in [6, 6.07) is 10.6. The number of benzene rings is 1. The SMILES string of the molecule is Cc1nc2c(C)cccn2c1C(O)=C1C(=O)C(=O)N(CCN2CCOCC2)[C@H]1c1cccc(Br)c1. The lowest BCUT2D eigenvalue weighted by atomic mass is 9.96. The lowest BCUT2D eigenvalue weighted by Crippen LogP contribution is -2.42. The Bertz CT molecular complexity index is 1340. The molecule has 2 aliphatic rings. The number of nitrogens with zero attached hydrogens (tertiary/aromatic N) is 4. The number of amides is 1. The van der Waals surface area contributed by atoms with E-state index < -0.39 is 17.7 Å². The number of aryl methyl sites for hydroxylation is 2. The lowest BCUT2D eigenvalue weighted by molar-refractivity contribution is -0.140. The number of carbonyl (C=O) groups is 2. The van der Waals surface area contributed by atoms with Crippen LogP contribution < -0.4 is 0 Å². The Morgan fingerprint density at radius 3 is 2.66 bits per heavy atom. The van der Waals surface area contributed by atoms with Crippen molar-refractivity contribution in [3.8, 4) is 0 Å². The number of halogens is 1. The Kier molecular flexibility index (Phi) is 6.48. The monoisotopic (exact) mass is 538 g/mol. The van der Waals surface area contributed by atoms with Crippen molar-refractivity contribution in [2.45, 2.75) is 19.9 Å². The van der Waals surface area contributed by atoms with Crippen molar-refractivity contribution < 1.29 is 19.4 Å². The zero-order valence-corrected chi connectivity index (χ0v) is 21.3. The van der Waals surface area contributed by atoms with E-state index in [0.29, 0.717) is 43.3 Å². The maximum atomic E-state index is 13.4. The fourth-order valence-electron chi connectivity index (χ4n) is 4.94. The predicted molar refractivity (Wildman–Crippen MR) is 135 cm³/mol. The first-order valence-corrected chi connectivity index (χ1v) is 12.4. The molecule has 0 radical (unpaired) electrons. The van der Waals surface area contributed by atoms with Crippen LogP contribution in [0.25, 0.3) is 11.4 Å². The largest absolute Gasteiger partial charge is 0.505 e. The molecule has 5 rings (SSSR count). The van der Waals surface area contributed by atoms with Crippen LogP contribution in [0, 0.1) is 13.8 Å². The molecule has 1 amide bonds. The molecule has 0 spiro atoms. The van der Waals surface area contributed by atoms with Crippen molar-refractivity contribution in [1.29, 1.82) is 0 Å². The average molecular weight is 539 g/mol. The maximum absolute atomic E-state index is 13.4. The van der Waals surface area contributed by atoms with Gasteiger partial charge < -0.3 is 14.7 Å². The molecule has 0 aliphatic carbocycles. The summed E-state index contributed by atoms with van der Waals surface area (Å²) in [6.45, 7) is 7.60. The van der Waals surface area contributed by atoms with Gasteiger partial charge in [0.2, 0.25) is 0 Å². The second-order valence-corrected chi connectivity index (χ2v) is 9.85. The number of aliphatic hydroxyl groups is 1. The first-order valence-electron chi connectivity index (χ1n) is 11.7. The summed E-state index contributed by atoms with van der Waals surface area (Å²) in [5.41, 5.74) is 3.50. The molecule has 0 saturated carbocycles. The van der Waals surface area contributed by atoms with Crippen LogP contribution >= 0.6 is 15.9 Å². The van der Waals surface area contributed by atoms with Gasteiger partial charge in [0.1, 0.15) is 11.3 Å². The third-order valence-electron chi connectivity index (χ3n) is 6.71. The molecule has 1 N–H and O–H groups in total. The van der Waals surface area contributed by atoms with Crippen LogP contribution in [0.4, 0.5) is 0 Å². The van der Waals surface area contributed by atoms with Gasteiger partial charge in [0, 0.05) is 36.8 Å². The van der Waals surface area contributed by atoms with Crippen LogP contribution in [0.15, 0.2) is 52.6 Å².